The van der Waals surface area contributed by atoms with Crippen LogP contribution >= 0.6 is 0 Å². The van der Waals surface area contributed by atoms with Crippen molar-refractivity contribution in [1.29, 1.82) is 10.5 Å². The number of nitrogen functional groups attached to an aromatic ring is 1. The van der Waals surface area contributed by atoms with Gasteiger partial charge in [-0.05, 0) is 48.7 Å². The van der Waals surface area contributed by atoms with Gasteiger partial charge in [-0.25, -0.2) is 0 Å². The van der Waals surface area contributed by atoms with E-state index in [1.54, 1.807) is 16.8 Å². The Morgan fingerprint density at radius 2 is 1.87 bits per heavy atom. The third-order valence-electron chi connectivity index (χ3n) is 4.43. The van der Waals surface area contributed by atoms with Crippen LogP contribution in [0.25, 0.3) is 11.1 Å². The quantitative estimate of drug-likeness (QED) is 0.633. The number of aromatic hydroxyl groups is 1. The minimum atomic E-state index is -0.292. The molecule has 0 fully saturated rings. The molecule has 0 amide bonds. The van der Waals surface area contributed by atoms with Crippen LogP contribution in [0.1, 0.15) is 27.9 Å². The second-order valence-electron chi connectivity index (χ2n) is 6.29. The monoisotopic (exact) mass is 407 g/mol. The zero-order valence-electron chi connectivity index (χ0n) is 16.3. The Hall–Kier alpha value is -4.37. The maximum atomic E-state index is 9.94. The summed E-state index contributed by atoms with van der Waals surface area (Å²) in [5.74, 6) is 0.257. The van der Waals surface area contributed by atoms with Gasteiger partial charge in [0.1, 0.15) is 11.8 Å². The van der Waals surface area contributed by atoms with E-state index in [1.807, 2.05) is 38.1 Å². The molecule has 0 saturated carbocycles. The highest BCUT2D eigenvalue weighted by atomic mass is 19.3. The fourth-order valence-electron chi connectivity index (χ4n) is 2.92. The summed E-state index contributed by atoms with van der Waals surface area (Å²) in [6.07, 6.45) is 0. The first-order chi connectivity index (χ1) is 14.4. The van der Waals surface area contributed by atoms with Crippen molar-refractivity contribution in [2.24, 2.45) is 0 Å². The SMILES string of the molecule is Cc1ccc(Cn2nc(N)c(-c3ccc(C#N)c(O)c3)c2C)cc1C#N.O=COF. The highest BCUT2D eigenvalue weighted by Gasteiger charge is 2.16. The molecule has 0 unspecified atom stereocenters. The number of nitrogens with two attached hydrogens (primary N) is 1. The zero-order valence-corrected chi connectivity index (χ0v) is 16.3. The highest BCUT2D eigenvalue weighted by Crippen LogP contribution is 2.32. The molecule has 1 heterocycles. The van der Waals surface area contributed by atoms with E-state index in [0.717, 1.165) is 22.4 Å². The molecule has 8 nitrogen and oxygen atoms in total. The van der Waals surface area contributed by atoms with Crippen molar-refractivity contribution in [3.05, 3.63) is 64.3 Å². The lowest BCUT2D eigenvalue weighted by Crippen LogP contribution is -2.05. The van der Waals surface area contributed by atoms with Crippen molar-refractivity contribution in [3.63, 3.8) is 0 Å². The topological polar surface area (TPSA) is 138 Å². The number of phenols is 1. The molecule has 3 N–H and O–H groups in total. The van der Waals surface area contributed by atoms with Crippen LogP contribution < -0.4 is 5.73 Å². The number of nitrogens with zero attached hydrogens (tertiary/aromatic N) is 4. The number of halogens is 1. The van der Waals surface area contributed by atoms with Gasteiger partial charge in [-0.1, -0.05) is 18.2 Å². The predicted molar refractivity (Wildman–Crippen MR) is 106 cm³/mol. The van der Waals surface area contributed by atoms with E-state index < -0.39 is 0 Å². The molecule has 0 saturated heterocycles. The van der Waals surface area contributed by atoms with E-state index in [1.165, 1.54) is 6.07 Å². The van der Waals surface area contributed by atoms with Gasteiger partial charge in [0.15, 0.2) is 5.82 Å². The first-order valence-electron chi connectivity index (χ1n) is 8.63. The first-order valence-corrected chi connectivity index (χ1v) is 8.63. The molecule has 1 aromatic heterocycles. The number of hydrogen-bond donors (Lipinski definition) is 2. The van der Waals surface area contributed by atoms with Gasteiger partial charge in [-0.3, -0.25) is 14.4 Å². The molecule has 3 aromatic rings. The maximum Gasteiger partial charge on any atom is 0.337 e. The number of nitriles is 2. The third-order valence-corrected chi connectivity index (χ3v) is 4.43. The average molecular weight is 407 g/mol. The fourth-order valence-corrected chi connectivity index (χ4v) is 2.92. The molecular weight excluding hydrogens is 389 g/mol. The van der Waals surface area contributed by atoms with Gasteiger partial charge in [-0.15, -0.1) is 0 Å². The van der Waals surface area contributed by atoms with Gasteiger partial charge < -0.3 is 10.8 Å². The third kappa shape index (κ3) is 4.72. The molecule has 0 radical (unpaired) electrons. The summed E-state index contributed by atoms with van der Waals surface area (Å²) < 4.78 is 11.6. The number of carbonyl (C=O) groups is 1. The number of carbonyl (C=O) groups excluding carboxylic acids is 1. The molecule has 0 atom stereocenters. The fraction of sp³-hybridized carbons (Fsp3) is 0.143. The molecule has 30 heavy (non-hydrogen) atoms. The summed E-state index contributed by atoms with van der Waals surface area (Å²) in [7, 11) is 0. The summed E-state index contributed by atoms with van der Waals surface area (Å²) in [6.45, 7) is 3.98. The largest absolute Gasteiger partial charge is 0.507 e. The number of aromatic nitrogens is 2. The Labute approximate surface area is 172 Å². The normalized spacial score (nSPS) is 9.63. The number of aryl methyl sites for hydroxylation is 1. The van der Waals surface area contributed by atoms with Gasteiger partial charge in [0.2, 0.25) is 0 Å². The van der Waals surface area contributed by atoms with Crippen LogP contribution in [0.4, 0.5) is 10.3 Å². The zero-order chi connectivity index (χ0) is 22.3. The highest BCUT2D eigenvalue weighted by molar-refractivity contribution is 5.77. The van der Waals surface area contributed by atoms with E-state index in [-0.39, 0.29) is 17.8 Å². The van der Waals surface area contributed by atoms with Gasteiger partial charge >= 0.3 is 6.47 Å². The van der Waals surface area contributed by atoms with Crippen LogP contribution in [0.3, 0.4) is 0 Å². The maximum absolute atomic E-state index is 9.94. The van der Waals surface area contributed by atoms with Crippen molar-refractivity contribution < 1.29 is 19.4 Å². The van der Waals surface area contributed by atoms with E-state index >= 15 is 0 Å². The number of phenolic OH excluding ortho intramolecular Hbond substituents is 1. The summed E-state index contributed by atoms with van der Waals surface area (Å²) in [4.78, 5) is 10.9. The second kappa shape index (κ2) is 9.71. The van der Waals surface area contributed by atoms with Gasteiger partial charge in [0.05, 0.1) is 23.7 Å². The van der Waals surface area contributed by atoms with Crippen LogP contribution in [0.15, 0.2) is 36.4 Å². The van der Waals surface area contributed by atoms with Crippen LogP contribution in [0, 0.1) is 36.5 Å². The van der Waals surface area contributed by atoms with E-state index in [4.69, 9.17) is 15.8 Å². The van der Waals surface area contributed by atoms with Crippen molar-refractivity contribution in [2.45, 2.75) is 20.4 Å². The molecule has 0 spiro atoms. The van der Waals surface area contributed by atoms with Gasteiger partial charge in [-0.2, -0.15) is 15.6 Å². The Balaban J connectivity index is 0.000000735. The van der Waals surface area contributed by atoms with Crippen LogP contribution in [0.5, 0.6) is 5.75 Å². The minimum Gasteiger partial charge on any atom is -0.507 e. The number of rotatable bonds is 4. The van der Waals surface area contributed by atoms with Crippen molar-refractivity contribution >= 4 is 12.3 Å². The van der Waals surface area contributed by atoms with Crippen LogP contribution in [-0.4, -0.2) is 21.4 Å². The lowest BCUT2D eigenvalue weighted by atomic mass is 10.0. The van der Waals surface area contributed by atoms with Crippen molar-refractivity contribution in [1.82, 2.24) is 9.78 Å². The Morgan fingerprint density at radius 3 is 2.43 bits per heavy atom. The summed E-state index contributed by atoms with van der Waals surface area (Å²) in [5, 5.41) is 32.5. The predicted octanol–water partition coefficient (Wildman–Crippen LogP) is 3.29. The molecule has 2 aromatic carbocycles. The smallest absolute Gasteiger partial charge is 0.337 e. The summed E-state index contributed by atoms with van der Waals surface area (Å²) in [6, 6.07) is 14.6. The lowest BCUT2D eigenvalue weighted by Gasteiger charge is -2.08. The number of benzene rings is 2. The van der Waals surface area contributed by atoms with Crippen LogP contribution in [0.2, 0.25) is 0 Å². The van der Waals surface area contributed by atoms with Crippen molar-refractivity contribution in [3.8, 4) is 29.0 Å². The van der Waals surface area contributed by atoms with Crippen molar-refractivity contribution in [2.75, 3.05) is 5.73 Å². The average Bonchev–Trinajstić information content (AvgIpc) is 3.02. The number of hydrogen-bond acceptors (Lipinski definition) is 7. The Kier molecular flexibility index (Phi) is 7.10. The van der Waals surface area contributed by atoms with Gasteiger partial charge in [0.25, 0.3) is 0 Å². The summed E-state index contributed by atoms with van der Waals surface area (Å²) >= 11 is 0. The summed E-state index contributed by atoms with van der Waals surface area (Å²) in [5.41, 5.74) is 11.1. The van der Waals surface area contributed by atoms with Crippen LogP contribution in [-0.2, 0) is 16.3 Å². The van der Waals surface area contributed by atoms with E-state index in [0.29, 0.717) is 23.5 Å². The molecule has 9 heteroatoms. The standard InChI is InChI=1S/C20H17N5O.CHFO2/c1-12-3-4-14(7-17(12)10-22)11-25-13(2)19(20(23)24-25)15-5-6-16(9-21)18(26)8-15;2-4-1-3/h3-8,26H,11H2,1-2H3,(H2,23,24);1H. The molecule has 0 aliphatic heterocycles. The Bertz CT molecular complexity index is 1160. The number of anilines is 1. The molecule has 0 bridgehead atoms. The molecule has 3 rings (SSSR count). The first kappa shape index (κ1) is 21.9. The lowest BCUT2D eigenvalue weighted by molar-refractivity contribution is -0.165. The second-order valence-corrected chi connectivity index (χ2v) is 6.29. The van der Waals surface area contributed by atoms with E-state index in [2.05, 4.69) is 16.1 Å². The molecule has 152 valence electrons. The Morgan fingerprint density at radius 1 is 1.20 bits per heavy atom. The minimum absolute atomic E-state index is 0.0891. The molecule has 0 aliphatic carbocycles. The van der Waals surface area contributed by atoms with Gasteiger partial charge in [0, 0.05) is 15.8 Å². The molecule has 0 aliphatic rings. The molecular formula is C21H18FN5O3. The van der Waals surface area contributed by atoms with E-state index in [9.17, 15) is 14.9 Å².